The Kier molecular flexibility index (Phi) is 2.65. The summed E-state index contributed by atoms with van der Waals surface area (Å²) in [6.07, 6.45) is 4.97. The van der Waals surface area contributed by atoms with Crippen LogP contribution < -0.4 is 0 Å². The predicted octanol–water partition coefficient (Wildman–Crippen LogP) is 3.05. The van der Waals surface area contributed by atoms with Gasteiger partial charge in [-0.1, -0.05) is 19.9 Å². The van der Waals surface area contributed by atoms with Crippen LogP contribution in [0.15, 0.2) is 11.0 Å². The molecule has 0 aromatic rings. The molecule has 0 aliphatic carbocycles. The second-order valence-corrected chi connectivity index (χ2v) is 3.72. The largest absolute Gasteiger partial charge is 0.130 e. The van der Waals surface area contributed by atoms with Crippen LogP contribution in [0.4, 0.5) is 0 Å². The van der Waals surface area contributed by atoms with Crippen LogP contribution in [0.25, 0.3) is 0 Å². The van der Waals surface area contributed by atoms with Crippen molar-refractivity contribution in [1.29, 1.82) is 0 Å². The Labute approximate surface area is 61.7 Å². The first-order chi connectivity index (χ1) is 4.34. The van der Waals surface area contributed by atoms with Crippen LogP contribution in [-0.4, -0.2) is 5.75 Å². The topological polar surface area (TPSA) is 0 Å². The Hall–Kier alpha value is 0.0900. The van der Waals surface area contributed by atoms with Gasteiger partial charge in [-0.15, -0.1) is 11.8 Å². The maximum absolute atomic E-state index is 2.39. The fourth-order valence-corrected chi connectivity index (χ4v) is 2.14. The average molecular weight is 142 g/mol. The maximum atomic E-state index is 2.39. The molecule has 1 aliphatic heterocycles. The third-order valence-electron chi connectivity index (χ3n) is 1.83. The Balaban J connectivity index is 2.40. The highest BCUT2D eigenvalue weighted by molar-refractivity contribution is 8.03. The van der Waals surface area contributed by atoms with Gasteiger partial charge in [-0.25, -0.2) is 0 Å². The first-order valence-electron chi connectivity index (χ1n) is 3.67. The van der Waals surface area contributed by atoms with Crippen LogP contribution in [0, 0.1) is 5.92 Å². The molecule has 0 nitrogen and oxygen atoms in total. The molecule has 1 rings (SSSR count). The summed E-state index contributed by atoms with van der Waals surface area (Å²) >= 11 is 2.04. The van der Waals surface area contributed by atoms with Crippen LogP contribution in [0.3, 0.4) is 0 Å². The van der Waals surface area contributed by atoms with Crippen molar-refractivity contribution < 1.29 is 0 Å². The van der Waals surface area contributed by atoms with E-state index >= 15 is 0 Å². The Morgan fingerprint density at radius 2 is 2.56 bits per heavy atom. The lowest BCUT2D eigenvalue weighted by Gasteiger charge is -2.07. The van der Waals surface area contributed by atoms with Crippen molar-refractivity contribution in [3.63, 3.8) is 0 Å². The highest BCUT2D eigenvalue weighted by atomic mass is 32.2. The highest BCUT2D eigenvalue weighted by Crippen LogP contribution is 2.32. The Morgan fingerprint density at radius 3 is 3.00 bits per heavy atom. The molecule has 1 heteroatoms. The summed E-state index contributed by atoms with van der Waals surface area (Å²) in [5.74, 6) is 2.14. The van der Waals surface area contributed by atoms with Crippen molar-refractivity contribution in [1.82, 2.24) is 0 Å². The minimum atomic E-state index is 0.817. The highest BCUT2D eigenvalue weighted by Gasteiger charge is 2.10. The van der Waals surface area contributed by atoms with E-state index in [1.807, 2.05) is 11.8 Å². The van der Waals surface area contributed by atoms with Gasteiger partial charge in [0.15, 0.2) is 0 Å². The molecular formula is C8H14S. The first-order valence-corrected chi connectivity index (χ1v) is 4.66. The van der Waals surface area contributed by atoms with Gasteiger partial charge in [-0.05, 0) is 23.7 Å². The van der Waals surface area contributed by atoms with Gasteiger partial charge in [0.05, 0.1) is 0 Å². The Bertz CT molecular complexity index is 116. The minimum Gasteiger partial charge on any atom is -0.130 e. The Morgan fingerprint density at radius 1 is 1.78 bits per heavy atom. The number of hydrogen-bond acceptors (Lipinski definition) is 1. The number of rotatable bonds is 2. The zero-order chi connectivity index (χ0) is 6.69. The lowest BCUT2D eigenvalue weighted by atomic mass is 10.1. The summed E-state index contributed by atoms with van der Waals surface area (Å²) in [5, 5.41) is 0. The molecule has 1 atom stereocenters. The lowest BCUT2D eigenvalue weighted by Crippen LogP contribution is -1.90. The van der Waals surface area contributed by atoms with Gasteiger partial charge in [0.2, 0.25) is 0 Å². The third kappa shape index (κ3) is 1.75. The van der Waals surface area contributed by atoms with E-state index in [4.69, 9.17) is 0 Å². The van der Waals surface area contributed by atoms with E-state index < -0.39 is 0 Å². The van der Waals surface area contributed by atoms with Gasteiger partial charge >= 0.3 is 0 Å². The molecule has 0 bridgehead atoms. The van der Waals surface area contributed by atoms with Crippen molar-refractivity contribution >= 4 is 11.8 Å². The summed E-state index contributed by atoms with van der Waals surface area (Å²) in [6.45, 7) is 4.56. The molecule has 1 unspecified atom stereocenters. The van der Waals surface area contributed by atoms with Crippen LogP contribution in [0.2, 0.25) is 0 Å². The van der Waals surface area contributed by atoms with Crippen molar-refractivity contribution in [2.24, 2.45) is 5.92 Å². The SMILES string of the molecule is CCC(C)C1=CCCS1. The molecule has 0 aromatic carbocycles. The predicted molar refractivity (Wildman–Crippen MR) is 44.6 cm³/mol. The summed E-state index contributed by atoms with van der Waals surface area (Å²) in [7, 11) is 0. The molecule has 0 saturated heterocycles. The minimum absolute atomic E-state index is 0.817. The van der Waals surface area contributed by atoms with E-state index in [0.717, 1.165) is 5.92 Å². The van der Waals surface area contributed by atoms with E-state index in [2.05, 4.69) is 19.9 Å². The van der Waals surface area contributed by atoms with Crippen molar-refractivity contribution in [2.45, 2.75) is 26.7 Å². The second kappa shape index (κ2) is 3.31. The molecule has 0 spiro atoms. The van der Waals surface area contributed by atoms with Gasteiger partial charge in [0.1, 0.15) is 0 Å². The first kappa shape index (κ1) is 7.20. The van der Waals surface area contributed by atoms with Crippen LogP contribution in [0.1, 0.15) is 26.7 Å². The standard InChI is InChI=1S/C8H14S/c1-3-7(2)8-5-4-6-9-8/h5,7H,3-4,6H2,1-2H3. The fraction of sp³-hybridized carbons (Fsp3) is 0.750. The van der Waals surface area contributed by atoms with Crippen molar-refractivity contribution in [2.75, 3.05) is 5.75 Å². The van der Waals surface area contributed by atoms with Crippen molar-refractivity contribution in [3.05, 3.63) is 11.0 Å². The normalized spacial score (nSPS) is 21.8. The van der Waals surface area contributed by atoms with Gasteiger partial charge in [-0.3, -0.25) is 0 Å². The van der Waals surface area contributed by atoms with Gasteiger partial charge in [-0.2, -0.15) is 0 Å². The fourth-order valence-electron chi connectivity index (χ4n) is 0.982. The smallest absolute Gasteiger partial charge is 0.00118 e. The van der Waals surface area contributed by atoms with Crippen LogP contribution >= 0.6 is 11.8 Å². The van der Waals surface area contributed by atoms with Gasteiger partial charge in [0, 0.05) is 5.75 Å². The van der Waals surface area contributed by atoms with Crippen molar-refractivity contribution in [3.8, 4) is 0 Å². The number of hydrogen-bond donors (Lipinski definition) is 0. The quantitative estimate of drug-likeness (QED) is 0.571. The van der Waals surface area contributed by atoms with E-state index in [0.29, 0.717) is 0 Å². The second-order valence-electron chi connectivity index (χ2n) is 2.55. The molecule has 0 fully saturated rings. The van der Waals surface area contributed by atoms with Gasteiger partial charge in [0.25, 0.3) is 0 Å². The van der Waals surface area contributed by atoms with E-state index in [9.17, 15) is 0 Å². The van der Waals surface area contributed by atoms with Gasteiger partial charge < -0.3 is 0 Å². The molecule has 0 saturated carbocycles. The molecular weight excluding hydrogens is 128 g/mol. The maximum Gasteiger partial charge on any atom is 0.00118 e. The summed E-state index contributed by atoms with van der Waals surface area (Å²) < 4.78 is 0. The third-order valence-corrected chi connectivity index (χ3v) is 3.17. The number of thioether (sulfide) groups is 1. The summed E-state index contributed by atoms with van der Waals surface area (Å²) in [4.78, 5) is 1.62. The summed E-state index contributed by atoms with van der Waals surface area (Å²) in [5.41, 5.74) is 0. The molecule has 52 valence electrons. The zero-order valence-electron chi connectivity index (χ0n) is 6.18. The summed E-state index contributed by atoms with van der Waals surface area (Å²) in [6, 6.07) is 0. The monoisotopic (exact) mass is 142 g/mol. The molecule has 0 amide bonds. The molecule has 9 heavy (non-hydrogen) atoms. The molecule has 0 aromatic heterocycles. The van der Waals surface area contributed by atoms with Crippen LogP contribution in [-0.2, 0) is 0 Å². The molecule has 0 N–H and O–H groups in total. The molecule has 1 heterocycles. The van der Waals surface area contributed by atoms with E-state index in [1.165, 1.54) is 18.6 Å². The number of allylic oxidation sites excluding steroid dienone is 2. The average Bonchev–Trinajstić information content (AvgIpc) is 2.37. The van der Waals surface area contributed by atoms with Crippen LogP contribution in [0.5, 0.6) is 0 Å². The molecule has 0 radical (unpaired) electrons. The van der Waals surface area contributed by atoms with E-state index in [1.54, 1.807) is 4.91 Å². The lowest BCUT2D eigenvalue weighted by molar-refractivity contribution is 0.687. The molecule has 1 aliphatic rings. The zero-order valence-corrected chi connectivity index (χ0v) is 7.00. The van der Waals surface area contributed by atoms with E-state index in [-0.39, 0.29) is 0 Å².